The molecule has 2 atom stereocenters. The Kier molecular flexibility index (Phi) is 6.13. The van der Waals surface area contributed by atoms with E-state index in [2.05, 4.69) is 5.32 Å². The average molecular weight is 369 g/mol. The normalized spacial score (nSPS) is 19.6. The van der Waals surface area contributed by atoms with Gasteiger partial charge in [-0.3, -0.25) is 9.59 Å². The summed E-state index contributed by atoms with van der Waals surface area (Å²) in [4.78, 5) is 34.2. The van der Waals surface area contributed by atoms with E-state index in [1.165, 1.54) is 19.1 Å². The van der Waals surface area contributed by atoms with Gasteiger partial charge in [-0.15, -0.1) is 0 Å². The first-order valence-corrected chi connectivity index (χ1v) is 9.49. The molecule has 136 valence electrons. The Bertz CT molecular complexity index is 742. The molecule has 0 spiro atoms. The van der Waals surface area contributed by atoms with Crippen LogP contribution in [0.2, 0.25) is 0 Å². The Hall–Kier alpha value is -2.42. The number of esters is 1. The number of ether oxygens (including phenoxy) is 2. The Labute approximate surface area is 145 Å². The number of sulfone groups is 1. The summed E-state index contributed by atoms with van der Waals surface area (Å²) in [7, 11) is -3.10. The highest BCUT2D eigenvalue weighted by Gasteiger charge is 2.30. The zero-order valence-electron chi connectivity index (χ0n) is 13.6. The van der Waals surface area contributed by atoms with Gasteiger partial charge in [-0.1, -0.05) is 0 Å². The van der Waals surface area contributed by atoms with Crippen LogP contribution in [0.1, 0.15) is 23.7 Å². The summed E-state index contributed by atoms with van der Waals surface area (Å²) >= 11 is 0. The quantitative estimate of drug-likeness (QED) is 0.536. The van der Waals surface area contributed by atoms with Crippen LogP contribution in [0.25, 0.3) is 0 Å². The smallest absolute Gasteiger partial charge is 0.344 e. The number of aldehydes is 1. The molecule has 9 heteroatoms. The summed E-state index contributed by atoms with van der Waals surface area (Å²) < 4.78 is 32.9. The third-order valence-corrected chi connectivity index (χ3v) is 5.40. The lowest BCUT2D eigenvalue weighted by molar-refractivity contribution is -0.156. The highest BCUT2D eigenvalue weighted by Crippen LogP contribution is 2.12. The van der Waals surface area contributed by atoms with Gasteiger partial charge in [0.15, 0.2) is 22.5 Å². The van der Waals surface area contributed by atoms with Crippen molar-refractivity contribution in [2.75, 3.05) is 18.1 Å². The summed E-state index contributed by atoms with van der Waals surface area (Å²) in [6.07, 6.45) is -0.0143. The molecule has 0 saturated carbocycles. The lowest BCUT2D eigenvalue weighted by Crippen LogP contribution is -2.43. The molecule has 1 amide bonds. The number of hydrogen-bond acceptors (Lipinski definition) is 7. The summed E-state index contributed by atoms with van der Waals surface area (Å²) in [5.74, 6) is -0.954. The molecule has 1 heterocycles. The van der Waals surface area contributed by atoms with Gasteiger partial charge in [0.05, 0.1) is 11.5 Å². The first-order chi connectivity index (χ1) is 11.8. The van der Waals surface area contributed by atoms with Crippen LogP contribution in [0.5, 0.6) is 5.75 Å². The van der Waals surface area contributed by atoms with E-state index in [0.717, 1.165) is 0 Å². The van der Waals surface area contributed by atoms with Crippen molar-refractivity contribution in [1.82, 2.24) is 5.32 Å². The van der Waals surface area contributed by atoms with Crippen LogP contribution in [0.4, 0.5) is 0 Å². The van der Waals surface area contributed by atoms with Crippen molar-refractivity contribution in [2.45, 2.75) is 25.5 Å². The third-order valence-electron chi connectivity index (χ3n) is 3.63. The molecule has 0 bridgehead atoms. The van der Waals surface area contributed by atoms with Crippen molar-refractivity contribution in [3.05, 3.63) is 29.8 Å². The molecule has 1 saturated heterocycles. The standard InChI is InChI=1S/C16H19NO7S/c1-11(16(20)17-13-6-7-25(21,22)10-13)24-15(19)9-23-14-4-2-12(8-18)3-5-14/h2-5,8,11,13H,6-7,9-10H2,1H3,(H,17,20)/t11-,13-/m0/s1. The van der Waals surface area contributed by atoms with Gasteiger partial charge in [-0.05, 0) is 37.6 Å². The molecule has 1 N–H and O–H groups in total. The minimum atomic E-state index is -3.10. The van der Waals surface area contributed by atoms with Crippen molar-refractivity contribution < 1.29 is 32.3 Å². The molecule has 0 radical (unpaired) electrons. The van der Waals surface area contributed by atoms with E-state index in [4.69, 9.17) is 9.47 Å². The number of benzene rings is 1. The van der Waals surface area contributed by atoms with Crippen LogP contribution in [-0.2, 0) is 24.2 Å². The summed E-state index contributed by atoms with van der Waals surface area (Å²) in [5.41, 5.74) is 0.481. The predicted molar refractivity (Wildman–Crippen MR) is 88.1 cm³/mol. The largest absolute Gasteiger partial charge is 0.482 e. The van der Waals surface area contributed by atoms with Crippen molar-refractivity contribution in [3.8, 4) is 5.75 Å². The number of carbonyl (C=O) groups is 3. The Balaban J connectivity index is 1.75. The number of hydrogen-bond donors (Lipinski definition) is 1. The minimum absolute atomic E-state index is 0.0445. The highest BCUT2D eigenvalue weighted by atomic mass is 32.2. The van der Waals surface area contributed by atoms with Crippen molar-refractivity contribution in [3.63, 3.8) is 0 Å². The highest BCUT2D eigenvalue weighted by molar-refractivity contribution is 7.91. The second kappa shape index (κ2) is 8.11. The third kappa shape index (κ3) is 5.86. The van der Waals surface area contributed by atoms with Gasteiger partial charge in [0.1, 0.15) is 12.0 Å². The number of nitrogens with one attached hydrogen (secondary N) is 1. The number of carbonyl (C=O) groups excluding carboxylic acids is 3. The lowest BCUT2D eigenvalue weighted by atomic mass is 10.2. The van der Waals surface area contributed by atoms with E-state index in [9.17, 15) is 22.8 Å². The van der Waals surface area contributed by atoms with Crippen LogP contribution in [0.15, 0.2) is 24.3 Å². The zero-order chi connectivity index (χ0) is 18.4. The molecule has 0 aliphatic carbocycles. The maximum atomic E-state index is 11.9. The van der Waals surface area contributed by atoms with Crippen molar-refractivity contribution in [1.29, 1.82) is 0 Å². The molecule has 1 aromatic rings. The van der Waals surface area contributed by atoms with E-state index in [-0.39, 0.29) is 11.5 Å². The van der Waals surface area contributed by atoms with Crippen LogP contribution in [-0.4, -0.2) is 56.8 Å². The fraction of sp³-hybridized carbons (Fsp3) is 0.438. The van der Waals surface area contributed by atoms with Gasteiger partial charge < -0.3 is 14.8 Å². The van der Waals surface area contributed by atoms with E-state index < -0.39 is 40.5 Å². The maximum absolute atomic E-state index is 11.9. The first-order valence-electron chi connectivity index (χ1n) is 7.67. The Morgan fingerprint density at radius 3 is 2.56 bits per heavy atom. The Morgan fingerprint density at radius 2 is 2.00 bits per heavy atom. The first kappa shape index (κ1) is 18.9. The predicted octanol–water partition coefficient (Wildman–Crippen LogP) is 0.113. The van der Waals surface area contributed by atoms with Gasteiger partial charge in [-0.25, -0.2) is 13.2 Å². The minimum Gasteiger partial charge on any atom is -0.482 e. The number of amides is 1. The lowest BCUT2D eigenvalue weighted by Gasteiger charge is -2.16. The van der Waals surface area contributed by atoms with Gasteiger partial charge in [0.2, 0.25) is 0 Å². The van der Waals surface area contributed by atoms with Gasteiger partial charge in [-0.2, -0.15) is 0 Å². The second-order valence-corrected chi connectivity index (χ2v) is 7.94. The summed E-state index contributed by atoms with van der Waals surface area (Å²) in [6, 6.07) is 5.70. The summed E-state index contributed by atoms with van der Waals surface area (Å²) in [5, 5.41) is 2.56. The SMILES string of the molecule is C[C@H](OC(=O)COc1ccc(C=O)cc1)C(=O)N[C@H]1CCS(=O)(=O)C1. The fourth-order valence-electron chi connectivity index (χ4n) is 2.30. The molecule has 25 heavy (non-hydrogen) atoms. The van der Waals surface area contributed by atoms with Gasteiger partial charge >= 0.3 is 5.97 Å². The maximum Gasteiger partial charge on any atom is 0.344 e. The molecule has 8 nitrogen and oxygen atoms in total. The van der Waals surface area contributed by atoms with E-state index in [1.54, 1.807) is 12.1 Å². The van der Waals surface area contributed by atoms with Gasteiger partial charge in [0, 0.05) is 11.6 Å². The van der Waals surface area contributed by atoms with E-state index in [1.807, 2.05) is 0 Å². The second-order valence-electron chi connectivity index (χ2n) is 5.72. The molecule has 0 unspecified atom stereocenters. The number of rotatable bonds is 7. The van der Waals surface area contributed by atoms with Crippen LogP contribution < -0.4 is 10.1 Å². The molecule has 1 aliphatic rings. The monoisotopic (exact) mass is 369 g/mol. The molecular formula is C16H19NO7S. The molecule has 0 aromatic heterocycles. The molecular weight excluding hydrogens is 350 g/mol. The Morgan fingerprint density at radius 1 is 1.32 bits per heavy atom. The van der Waals surface area contributed by atoms with Crippen LogP contribution in [0, 0.1) is 0 Å². The van der Waals surface area contributed by atoms with E-state index in [0.29, 0.717) is 24.0 Å². The summed E-state index contributed by atoms with van der Waals surface area (Å²) in [6.45, 7) is 1.01. The topological polar surface area (TPSA) is 116 Å². The zero-order valence-corrected chi connectivity index (χ0v) is 14.5. The van der Waals surface area contributed by atoms with E-state index >= 15 is 0 Å². The van der Waals surface area contributed by atoms with Gasteiger partial charge in [0.25, 0.3) is 5.91 Å². The molecule has 1 aliphatic heterocycles. The van der Waals surface area contributed by atoms with Crippen LogP contribution >= 0.6 is 0 Å². The van der Waals surface area contributed by atoms with Crippen LogP contribution in [0.3, 0.4) is 0 Å². The fourth-order valence-corrected chi connectivity index (χ4v) is 3.97. The molecule has 1 aromatic carbocycles. The molecule has 1 fully saturated rings. The van der Waals surface area contributed by atoms with Crippen molar-refractivity contribution in [2.24, 2.45) is 0 Å². The van der Waals surface area contributed by atoms with Crippen molar-refractivity contribution >= 4 is 28.0 Å². The average Bonchev–Trinajstić information content (AvgIpc) is 2.91. The molecule has 2 rings (SSSR count).